The number of fused-ring (bicyclic) bond motifs is 2. The predicted octanol–water partition coefficient (Wildman–Crippen LogP) is 6.29. The van der Waals surface area contributed by atoms with E-state index in [2.05, 4.69) is 42.1 Å². The van der Waals surface area contributed by atoms with Crippen LogP contribution in [0.15, 0.2) is 72.8 Å². The summed E-state index contributed by atoms with van der Waals surface area (Å²) in [6.07, 6.45) is 10.0. The van der Waals surface area contributed by atoms with Gasteiger partial charge in [-0.05, 0) is 168 Å². The molecule has 6 aliphatic heterocycles. The van der Waals surface area contributed by atoms with Crippen molar-refractivity contribution in [3.05, 3.63) is 89.5 Å². The summed E-state index contributed by atoms with van der Waals surface area (Å²) in [5.41, 5.74) is 10.7. The number of primary amides is 1. The molecule has 14 nitrogen and oxygen atoms in total. The molecule has 4 fully saturated rings. The molecule has 4 aromatic rings. The molecule has 0 aliphatic carbocycles. The molecule has 0 bridgehead atoms. The van der Waals surface area contributed by atoms with Crippen LogP contribution in [0.5, 0.6) is 11.5 Å². The molecule has 10 rings (SSSR count). The maximum atomic E-state index is 13.2. The standard InChI is InChI=1S/C50H61N9O5/c51-47(61)45-46(36-6-9-40(10-7-36)64-39-4-2-1-3-5-39)54-59-42(14-22-52-48(45)59)35-20-26-56(27-21-35)31-34-16-24-55(25-17-34)23-15-33-18-28-57(29-19-33)38-8-11-41-37(30-38)32-58(50(41)63)43-12-13-44(60)53-49(43)62/h1-11,30,33-35,42-43,52H,12-29,31-32H2,(H2,51,61)(H,53,60,62)/t42-,43?/m0/s1. The number of anilines is 2. The number of nitrogens with two attached hydrogens (primary N) is 1. The summed E-state index contributed by atoms with van der Waals surface area (Å²) < 4.78 is 8.08. The molecule has 0 spiro atoms. The van der Waals surface area contributed by atoms with Crippen LogP contribution in [0.2, 0.25) is 0 Å². The van der Waals surface area contributed by atoms with Crippen LogP contribution in [0, 0.1) is 17.8 Å². The molecule has 336 valence electrons. The van der Waals surface area contributed by atoms with Gasteiger partial charge in [-0.25, -0.2) is 4.68 Å². The summed E-state index contributed by atoms with van der Waals surface area (Å²) in [6, 6.07) is 23.2. The number of carbonyl (C=O) groups is 4. The van der Waals surface area contributed by atoms with Gasteiger partial charge in [-0.15, -0.1) is 0 Å². The average molecular weight is 868 g/mol. The van der Waals surface area contributed by atoms with E-state index < -0.39 is 11.9 Å². The third-order valence-electron chi connectivity index (χ3n) is 15.1. The number of imide groups is 1. The highest BCUT2D eigenvalue weighted by Gasteiger charge is 2.40. The fourth-order valence-electron chi connectivity index (χ4n) is 11.4. The first-order valence-electron chi connectivity index (χ1n) is 23.7. The molecule has 0 saturated carbocycles. The van der Waals surface area contributed by atoms with E-state index in [0.29, 0.717) is 35.7 Å². The summed E-state index contributed by atoms with van der Waals surface area (Å²) >= 11 is 0. The van der Waals surface area contributed by atoms with E-state index in [-0.39, 0.29) is 30.2 Å². The van der Waals surface area contributed by atoms with Crippen molar-refractivity contribution < 1.29 is 23.9 Å². The van der Waals surface area contributed by atoms with Gasteiger partial charge in [0.1, 0.15) is 34.6 Å². The summed E-state index contributed by atoms with van der Waals surface area (Å²) in [7, 11) is 0. The molecule has 64 heavy (non-hydrogen) atoms. The van der Waals surface area contributed by atoms with Gasteiger partial charge in [0, 0.05) is 56.0 Å². The topological polar surface area (TPSA) is 158 Å². The Morgan fingerprint density at radius 2 is 1.50 bits per heavy atom. The van der Waals surface area contributed by atoms with Crippen LogP contribution < -0.4 is 26.0 Å². The number of ether oxygens (including phenoxy) is 1. The van der Waals surface area contributed by atoms with Crippen LogP contribution in [0.1, 0.15) is 96.5 Å². The van der Waals surface area contributed by atoms with Gasteiger partial charge in [-0.1, -0.05) is 18.2 Å². The number of rotatable bonds is 12. The number of likely N-dealkylation sites (tertiary alicyclic amines) is 2. The van der Waals surface area contributed by atoms with E-state index in [0.717, 1.165) is 98.0 Å². The van der Waals surface area contributed by atoms with Crippen molar-refractivity contribution in [3.63, 3.8) is 0 Å². The quantitative estimate of drug-likeness (QED) is 0.138. The Kier molecular flexibility index (Phi) is 12.1. The molecule has 4 saturated heterocycles. The van der Waals surface area contributed by atoms with Crippen molar-refractivity contribution in [2.45, 2.75) is 82.8 Å². The van der Waals surface area contributed by atoms with Gasteiger partial charge in [-0.2, -0.15) is 5.10 Å². The fraction of sp³-hybridized carbons (Fsp3) is 0.500. The lowest BCUT2D eigenvalue weighted by Crippen LogP contribution is -2.52. The Bertz CT molecular complexity index is 2340. The summed E-state index contributed by atoms with van der Waals surface area (Å²) in [4.78, 5) is 59.7. The van der Waals surface area contributed by atoms with Crippen LogP contribution in [-0.4, -0.2) is 113 Å². The second-order valence-electron chi connectivity index (χ2n) is 19.0. The van der Waals surface area contributed by atoms with Gasteiger partial charge >= 0.3 is 0 Å². The number of hydrogen-bond donors (Lipinski definition) is 3. The molecule has 1 unspecified atom stereocenters. The maximum Gasteiger partial charge on any atom is 0.255 e. The van der Waals surface area contributed by atoms with E-state index in [9.17, 15) is 19.2 Å². The molecule has 2 atom stereocenters. The lowest BCUT2D eigenvalue weighted by molar-refractivity contribution is -0.136. The van der Waals surface area contributed by atoms with Crippen molar-refractivity contribution in [1.82, 2.24) is 29.8 Å². The van der Waals surface area contributed by atoms with E-state index in [1.807, 2.05) is 60.7 Å². The zero-order valence-corrected chi connectivity index (χ0v) is 36.8. The Balaban J connectivity index is 0.656. The Labute approximate surface area is 375 Å². The van der Waals surface area contributed by atoms with E-state index in [1.54, 1.807) is 4.90 Å². The SMILES string of the molecule is NC(=O)c1c(-c2ccc(Oc3ccccc3)cc2)nn2c1NCC[C@H]2C1CCN(CC2CCN(CCC3CCN(c4ccc5c(c4)CN(C4CCC(=O)NC4=O)C5=O)CC3)CC2)CC1. The lowest BCUT2D eigenvalue weighted by atomic mass is 9.86. The Hall–Kier alpha value is -5.73. The molecular weight excluding hydrogens is 807 g/mol. The van der Waals surface area contributed by atoms with Crippen LogP contribution in [-0.2, 0) is 16.1 Å². The Morgan fingerprint density at radius 3 is 2.23 bits per heavy atom. The minimum atomic E-state index is -0.584. The average Bonchev–Trinajstić information content (AvgIpc) is 3.87. The number of carbonyl (C=O) groups excluding carboxylic acids is 4. The fourth-order valence-corrected chi connectivity index (χ4v) is 11.4. The van der Waals surface area contributed by atoms with Gasteiger partial charge in [0.05, 0.1) is 6.04 Å². The maximum absolute atomic E-state index is 13.2. The van der Waals surface area contributed by atoms with Crippen molar-refractivity contribution >= 4 is 35.1 Å². The molecular formula is C50H61N9O5. The zero-order chi connectivity index (χ0) is 43.7. The van der Waals surface area contributed by atoms with Gasteiger partial charge in [0.25, 0.3) is 11.8 Å². The first-order chi connectivity index (χ1) is 31.2. The van der Waals surface area contributed by atoms with Gasteiger partial charge in [-0.3, -0.25) is 24.5 Å². The number of nitrogens with zero attached hydrogens (tertiary/aromatic N) is 6. The molecule has 4 amide bonds. The lowest BCUT2D eigenvalue weighted by Gasteiger charge is -2.41. The van der Waals surface area contributed by atoms with Crippen molar-refractivity contribution in [2.24, 2.45) is 23.5 Å². The second-order valence-corrected chi connectivity index (χ2v) is 19.0. The van der Waals surface area contributed by atoms with Crippen molar-refractivity contribution in [1.29, 1.82) is 0 Å². The number of aromatic nitrogens is 2. The second kappa shape index (κ2) is 18.4. The van der Waals surface area contributed by atoms with Crippen LogP contribution >= 0.6 is 0 Å². The highest BCUT2D eigenvalue weighted by Crippen LogP contribution is 2.41. The third-order valence-corrected chi connectivity index (χ3v) is 15.1. The minimum absolute atomic E-state index is 0.117. The summed E-state index contributed by atoms with van der Waals surface area (Å²) in [5, 5.41) is 11.0. The highest BCUT2D eigenvalue weighted by molar-refractivity contribution is 6.06. The van der Waals surface area contributed by atoms with Crippen LogP contribution in [0.4, 0.5) is 11.5 Å². The number of nitrogens with one attached hydrogen (secondary N) is 2. The number of para-hydroxylation sites is 1. The zero-order valence-electron chi connectivity index (χ0n) is 36.8. The van der Waals surface area contributed by atoms with Gasteiger partial charge in [0.2, 0.25) is 11.8 Å². The molecule has 3 aromatic carbocycles. The van der Waals surface area contributed by atoms with E-state index in [1.165, 1.54) is 58.3 Å². The smallest absolute Gasteiger partial charge is 0.255 e. The molecule has 6 aliphatic rings. The molecule has 4 N–H and O–H groups in total. The molecule has 7 heterocycles. The first-order valence-corrected chi connectivity index (χ1v) is 23.7. The first kappa shape index (κ1) is 42.2. The number of piperidine rings is 4. The normalized spacial score (nSPS) is 22.8. The number of benzene rings is 3. The Morgan fingerprint density at radius 1 is 0.781 bits per heavy atom. The number of amides is 4. The van der Waals surface area contributed by atoms with E-state index >= 15 is 0 Å². The van der Waals surface area contributed by atoms with E-state index in [4.69, 9.17) is 15.6 Å². The van der Waals surface area contributed by atoms with Crippen molar-refractivity contribution in [2.75, 3.05) is 69.1 Å². The van der Waals surface area contributed by atoms with Gasteiger partial charge in [0.15, 0.2) is 0 Å². The van der Waals surface area contributed by atoms with Crippen LogP contribution in [0.25, 0.3) is 11.3 Å². The van der Waals surface area contributed by atoms with Crippen molar-refractivity contribution in [3.8, 4) is 22.8 Å². The highest BCUT2D eigenvalue weighted by atomic mass is 16.5. The predicted molar refractivity (Wildman–Crippen MR) is 245 cm³/mol. The molecule has 1 aromatic heterocycles. The van der Waals surface area contributed by atoms with Crippen LogP contribution in [0.3, 0.4) is 0 Å². The summed E-state index contributed by atoms with van der Waals surface area (Å²) in [6.45, 7) is 10.2. The summed E-state index contributed by atoms with van der Waals surface area (Å²) in [5.74, 6) is 3.00. The number of hydrogen-bond acceptors (Lipinski definition) is 10. The minimum Gasteiger partial charge on any atom is -0.457 e. The largest absolute Gasteiger partial charge is 0.457 e. The third kappa shape index (κ3) is 8.86. The molecule has 14 heteroatoms. The molecule has 0 radical (unpaired) electrons. The monoisotopic (exact) mass is 867 g/mol. The van der Waals surface area contributed by atoms with Gasteiger partial charge < -0.3 is 35.4 Å².